The zero-order chi connectivity index (χ0) is 19.4. The quantitative estimate of drug-likeness (QED) is 0.699. The lowest BCUT2D eigenvalue weighted by Gasteiger charge is -2.41. The lowest BCUT2D eigenvalue weighted by atomic mass is 9.84. The van der Waals surface area contributed by atoms with Gasteiger partial charge in [-0.1, -0.05) is 43.2 Å². The molecule has 1 aromatic rings. The van der Waals surface area contributed by atoms with E-state index in [4.69, 9.17) is 9.47 Å². The molecule has 4 nitrogen and oxygen atoms in total. The third-order valence-electron chi connectivity index (χ3n) is 6.06. The molecule has 0 N–H and O–H groups in total. The van der Waals surface area contributed by atoms with Gasteiger partial charge >= 0.3 is 5.97 Å². The first-order valence-corrected chi connectivity index (χ1v) is 10.4. The van der Waals surface area contributed by atoms with Gasteiger partial charge in [0.05, 0.1) is 18.1 Å². The number of benzene rings is 1. The number of nitrogens with zero attached hydrogens (tertiary/aromatic N) is 1. The van der Waals surface area contributed by atoms with Crippen LogP contribution in [0.2, 0.25) is 0 Å². The van der Waals surface area contributed by atoms with Gasteiger partial charge in [-0.25, -0.2) is 0 Å². The fourth-order valence-corrected chi connectivity index (χ4v) is 4.70. The van der Waals surface area contributed by atoms with Crippen LogP contribution < -0.4 is 0 Å². The highest BCUT2D eigenvalue weighted by Crippen LogP contribution is 2.39. The molecule has 1 saturated carbocycles. The minimum absolute atomic E-state index is 0.0421. The van der Waals surface area contributed by atoms with Gasteiger partial charge in [0.15, 0.2) is 0 Å². The smallest absolute Gasteiger partial charge is 0.313 e. The largest absolute Gasteiger partial charge is 0.461 e. The first kappa shape index (κ1) is 20.3. The van der Waals surface area contributed by atoms with Crippen LogP contribution in [0, 0.1) is 11.8 Å². The molecule has 1 aliphatic carbocycles. The molecule has 1 saturated heterocycles. The molecular weight excluding hydrogens is 338 g/mol. The summed E-state index contributed by atoms with van der Waals surface area (Å²) in [5, 5.41) is 0. The van der Waals surface area contributed by atoms with E-state index in [1.807, 2.05) is 18.2 Å². The molecule has 27 heavy (non-hydrogen) atoms. The Labute approximate surface area is 164 Å². The van der Waals surface area contributed by atoms with Crippen LogP contribution in [0.3, 0.4) is 0 Å². The standard InChI is InChI=1S/C23H35NO3/c1-23(2)14-20(19(16-26-23)15-24(3)4)27-22(25)21(18-12-8-9-13-18)17-10-6-5-7-11-17/h5-7,10-11,18-21H,8-9,12-16H2,1-4H3. The summed E-state index contributed by atoms with van der Waals surface area (Å²) in [5.41, 5.74) is 0.855. The van der Waals surface area contributed by atoms with E-state index in [2.05, 4.69) is 45.0 Å². The summed E-state index contributed by atoms with van der Waals surface area (Å²) in [6.07, 6.45) is 5.34. The molecular formula is C23H35NO3. The molecule has 1 heterocycles. The Morgan fingerprint density at radius 2 is 1.89 bits per heavy atom. The molecule has 3 rings (SSSR count). The fraction of sp³-hybridized carbons (Fsp3) is 0.696. The predicted molar refractivity (Wildman–Crippen MR) is 108 cm³/mol. The van der Waals surface area contributed by atoms with Gasteiger partial charge in [-0.15, -0.1) is 0 Å². The molecule has 0 amide bonds. The summed E-state index contributed by atoms with van der Waals surface area (Å²) in [5.74, 6) is 0.441. The van der Waals surface area contributed by atoms with Crippen molar-refractivity contribution < 1.29 is 14.3 Å². The van der Waals surface area contributed by atoms with Crippen LogP contribution in [0.5, 0.6) is 0 Å². The van der Waals surface area contributed by atoms with Crippen molar-refractivity contribution in [1.82, 2.24) is 4.90 Å². The molecule has 0 bridgehead atoms. The number of rotatable bonds is 6. The Kier molecular flexibility index (Phi) is 6.59. The van der Waals surface area contributed by atoms with Crippen LogP contribution in [-0.2, 0) is 14.3 Å². The summed E-state index contributed by atoms with van der Waals surface area (Å²) < 4.78 is 12.2. The van der Waals surface area contributed by atoms with Crippen LogP contribution >= 0.6 is 0 Å². The summed E-state index contributed by atoms with van der Waals surface area (Å²) in [4.78, 5) is 15.5. The Morgan fingerprint density at radius 3 is 2.52 bits per heavy atom. The van der Waals surface area contributed by atoms with E-state index in [0.29, 0.717) is 12.5 Å². The molecule has 1 aliphatic heterocycles. The van der Waals surface area contributed by atoms with E-state index in [9.17, 15) is 4.79 Å². The Bertz CT molecular complexity index is 607. The fourth-order valence-electron chi connectivity index (χ4n) is 4.70. The summed E-state index contributed by atoms with van der Waals surface area (Å²) in [7, 11) is 4.12. The van der Waals surface area contributed by atoms with E-state index in [0.717, 1.165) is 31.4 Å². The van der Waals surface area contributed by atoms with Gasteiger partial charge in [0, 0.05) is 18.9 Å². The second kappa shape index (κ2) is 8.74. The maximum Gasteiger partial charge on any atom is 0.313 e. The minimum Gasteiger partial charge on any atom is -0.461 e. The highest BCUT2D eigenvalue weighted by atomic mass is 16.6. The van der Waals surface area contributed by atoms with Gasteiger partial charge in [-0.2, -0.15) is 0 Å². The van der Waals surface area contributed by atoms with Gasteiger partial charge in [0.1, 0.15) is 6.10 Å². The van der Waals surface area contributed by atoms with Crippen molar-refractivity contribution in [2.45, 2.75) is 63.6 Å². The van der Waals surface area contributed by atoms with Crippen molar-refractivity contribution in [3.8, 4) is 0 Å². The molecule has 4 heteroatoms. The Morgan fingerprint density at radius 1 is 1.22 bits per heavy atom. The number of hydrogen-bond donors (Lipinski definition) is 0. The summed E-state index contributed by atoms with van der Waals surface area (Å²) in [6, 6.07) is 10.2. The van der Waals surface area contributed by atoms with Crippen molar-refractivity contribution in [1.29, 1.82) is 0 Å². The number of ether oxygens (including phenoxy) is 2. The number of hydrogen-bond acceptors (Lipinski definition) is 4. The first-order valence-electron chi connectivity index (χ1n) is 10.4. The van der Waals surface area contributed by atoms with Crippen molar-refractivity contribution >= 4 is 5.97 Å². The maximum atomic E-state index is 13.4. The lowest BCUT2D eigenvalue weighted by Crippen LogP contribution is -2.48. The molecule has 3 unspecified atom stereocenters. The van der Waals surface area contributed by atoms with Crippen LogP contribution in [0.1, 0.15) is 57.4 Å². The molecule has 2 aliphatic rings. The van der Waals surface area contributed by atoms with Crippen LogP contribution in [-0.4, -0.2) is 49.8 Å². The molecule has 1 aromatic carbocycles. The van der Waals surface area contributed by atoms with E-state index < -0.39 is 0 Å². The number of esters is 1. The Balaban J connectivity index is 1.78. The van der Waals surface area contributed by atoms with E-state index in [1.54, 1.807) is 0 Å². The van der Waals surface area contributed by atoms with Crippen molar-refractivity contribution in [2.75, 3.05) is 27.2 Å². The summed E-state index contributed by atoms with van der Waals surface area (Å²) in [6.45, 7) is 5.69. The average molecular weight is 374 g/mol. The van der Waals surface area contributed by atoms with E-state index in [1.165, 1.54) is 12.8 Å². The molecule has 2 fully saturated rings. The third-order valence-corrected chi connectivity index (χ3v) is 6.06. The molecule has 3 atom stereocenters. The van der Waals surface area contributed by atoms with Gasteiger partial charge in [-0.3, -0.25) is 4.79 Å². The molecule has 0 aromatic heterocycles. The monoisotopic (exact) mass is 373 g/mol. The zero-order valence-corrected chi connectivity index (χ0v) is 17.3. The number of carbonyl (C=O) groups is 1. The molecule has 0 radical (unpaired) electrons. The normalized spacial score (nSPS) is 26.9. The average Bonchev–Trinajstić information content (AvgIpc) is 3.12. The number of carbonyl (C=O) groups excluding carboxylic acids is 1. The zero-order valence-electron chi connectivity index (χ0n) is 17.3. The van der Waals surface area contributed by atoms with Gasteiger partial charge in [0.2, 0.25) is 0 Å². The summed E-state index contributed by atoms with van der Waals surface area (Å²) >= 11 is 0. The van der Waals surface area contributed by atoms with Crippen molar-refractivity contribution in [3.63, 3.8) is 0 Å². The topological polar surface area (TPSA) is 38.8 Å². The van der Waals surface area contributed by atoms with Crippen LogP contribution in [0.25, 0.3) is 0 Å². The second-order valence-corrected chi connectivity index (χ2v) is 9.21. The maximum absolute atomic E-state index is 13.4. The molecule has 0 spiro atoms. The van der Waals surface area contributed by atoms with Crippen LogP contribution in [0.15, 0.2) is 30.3 Å². The van der Waals surface area contributed by atoms with Gasteiger partial charge in [-0.05, 0) is 52.3 Å². The van der Waals surface area contributed by atoms with E-state index in [-0.39, 0.29) is 29.5 Å². The lowest BCUT2D eigenvalue weighted by molar-refractivity contribution is -0.177. The molecule has 150 valence electrons. The third kappa shape index (κ3) is 5.32. The van der Waals surface area contributed by atoms with Crippen molar-refractivity contribution in [2.24, 2.45) is 11.8 Å². The second-order valence-electron chi connectivity index (χ2n) is 9.21. The highest BCUT2D eigenvalue weighted by molar-refractivity contribution is 5.79. The van der Waals surface area contributed by atoms with Crippen LogP contribution in [0.4, 0.5) is 0 Å². The van der Waals surface area contributed by atoms with Gasteiger partial charge < -0.3 is 14.4 Å². The predicted octanol–water partition coefficient (Wildman–Crippen LogP) is 4.25. The first-order chi connectivity index (χ1) is 12.9. The minimum atomic E-state index is -0.247. The van der Waals surface area contributed by atoms with Crippen molar-refractivity contribution in [3.05, 3.63) is 35.9 Å². The Hall–Kier alpha value is -1.39. The van der Waals surface area contributed by atoms with Gasteiger partial charge in [0.25, 0.3) is 0 Å². The SMILES string of the molecule is CN(C)CC1COC(C)(C)CC1OC(=O)C(c1ccccc1)C1CCCC1. The van der Waals surface area contributed by atoms with E-state index >= 15 is 0 Å². The highest BCUT2D eigenvalue weighted by Gasteiger charge is 2.41.